The summed E-state index contributed by atoms with van der Waals surface area (Å²) < 4.78 is 5.88. The average molecular weight is 450 g/mol. The minimum atomic E-state index is -0.695. The largest absolute Gasteiger partial charge is 0.481 e. The van der Waals surface area contributed by atoms with Crippen LogP contribution in [0, 0.1) is 13.8 Å². The highest BCUT2D eigenvalue weighted by Crippen LogP contribution is 2.39. The second-order valence-corrected chi connectivity index (χ2v) is 9.28. The number of aryl methyl sites for hydroxylation is 3. The van der Waals surface area contributed by atoms with E-state index in [-0.39, 0.29) is 11.8 Å². The fourth-order valence-electron chi connectivity index (χ4n) is 3.98. The van der Waals surface area contributed by atoms with Gasteiger partial charge in [0.15, 0.2) is 6.10 Å². The summed E-state index contributed by atoms with van der Waals surface area (Å²) in [5, 5.41) is 6.52. The van der Waals surface area contributed by atoms with Gasteiger partial charge < -0.3 is 15.4 Å². The Morgan fingerprint density at radius 3 is 2.69 bits per heavy atom. The maximum atomic E-state index is 13.1. The number of ether oxygens (including phenoxy) is 1. The van der Waals surface area contributed by atoms with E-state index in [1.807, 2.05) is 38.1 Å². The molecule has 2 heterocycles. The van der Waals surface area contributed by atoms with Crippen LogP contribution in [-0.4, -0.2) is 22.9 Å². The summed E-state index contributed by atoms with van der Waals surface area (Å²) in [5.41, 5.74) is 4.72. The number of fused-ring (bicyclic) bond motifs is 1. The molecule has 0 spiro atoms. The molecular weight excluding hydrogens is 422 g/mol. The number of thiophene rings is 1. The molecule has 1 aliphatic carbocycles. The molecule has 0 bridgehead atoms. The molecule has 0 fully saturated rings. The van der Waals surface area contributed by atoms with Crippen molar-refractivity contribution < 1.29 is 14.3 Å². The van der Waals surface area contributed by atoms with E-state index in [0.29, 0.717) is 22.9 Å². The van der Waals surface area contributed by atoms with E-state index < -0.39 is 6.10 Å². The van der Waals surface area contributed by atoms with Gasteiger partial charge in [0.1, 0.15) is 10.8 Å². The Labute approximate surface area is 192 Å². The number of hydrogen-bond acceptors (Lipinski definition) is 5. The molecule has 0 radical (unpaired) electrons. The molecule has 7 heteroatoms. The summed E-state index contributed by atoms with van der Waals surface area (Å²) in [6.45, 7) is 6.09. The molecule has 2 aromatic heterocycles. The number of benzene rings is 1. The zero-order valence-corrected chi connectivity index (χ0v) is 19.3. The number of amides is 2. The summed E-state index contributed by atoms with van der Waals surface area (Å²) in [4.78, 5) is 31.2. The lowest BCUT2D eigenvalue weighted by Crippen LogP contribution is -2.31. The van der Waals surface area contributed by atoms with E-state index in [2.05, 4.69) is 21.7 Å². The molecule has 2 amide bonds. The summed E-state index contributed by atoms with van der Waals surface area (Å²) in [6, 6.07) is 9.63. The highest BCUT2D eigenvalue weighted by molar-refractivity contribution is 7.17. The third-order valence-corrected chi connectivity index (χ3v) is 6.65. The molecule has 4 rings (SSSR count). The number of hydrogen-bond donors (Lipinski definition) is 2. The van der Waals surface area contributed by atoms with Gasteiger partial charge in [-0.2, -0.15) is 0 Å². The van der Waals surface area contributed by atoms with Crippen molar-refractivity contribution in [1.29, 1.82) is 0 Å². The Hall–Kier alpha value is -3.19. The first kappa shape index (κ1) is 22.0. The second-order valence-electron chi connectivity index (χ2n) is 8.18. The van der Waals surface area contributed by atoms with Crippen LogP contribution in [-0.2, 0) is 24.2 Å². The topological polar surface area (TPSA) is 80.3 Å². The third-order valence-electron chi connectivity index (χ3n) is 5.44. The average Bonchev–Trinajstić information content (AvgIpc) is 3.32. The number of nitrogens with one attached hydrogen (secondary N) is 2. The first-order valence-electron chi connectivity index (χ1n) is 10.8. The van der Waals surface area contributed by atoms with Crippen molar-refractivity contribution in [2.24, 2.45) is 0 Å². The van der Waals surface area contributed by atoms with Gasteiger partial charge in [-0.15, -0.1) is 11.3 Å². The Kier molecular flexibility index (Phi) is 6.55. The molecular formula is C25H27N3O3S. The molecule has 0 aliphatic heterocycles. The number of carbonyl (C=O) groups excluding carboxylic acids is 2. The quantitative estimate of drug-likeness (QED) is 0.553. The monoisotopic (exact) mass is 449 g/mol. The molecule has 166 valence electrons. The lowest BCUT2D eigenvalue weighted by Gasteiger charge is -2.16. The fraction of sp³-hybridized carbons (Fsp3) is 0.320. The Bertz CT molecular complexity index is 1120. The maximum absolute atomic E-state index is 13.1. The predicted molar refractivity (Wildman–Crippen MR) is 126 cm³/mol. The van der Waals surface area contributed by atoms with Crippen LogP contribution >= 0.6 is 11.3 Å². The number of pyridine rings is 1. The molecule has 1 atom stereocenters. The smallest absolute Gasteiger partial charge is 0.265 e. The van der Waals surface area contributed by atoms with E-state index in [4.69, 9.17) is 4.74 Å². The van der Waals surface area contributed by atoms with Crippen LogP contribution in [0.1, 0.15) is 50.8 Å². The second kappa shape index (κ2) is 9.53. The third kappa shape index (κ3) is 4.99. The van der Waals surface area contributed by atoms with E-state index in [9.17, 15) is 9.59 Å². The van der Waals surface area contributed by atoms with Crippen molar-refractivity contribution in [3.8, 4) is 5.75 Å². The minimum Gasteiger partial charge on any atom is -0.481 e. The van der Waals surface area contributed by atoms with Gasteiger partial charge in [0, 0.05) is 23.8 Å². The summed E-state index contributed by atoms with van der Waals surface area (Å²) in [5.74, 6) is 0.213. The molecule has 1 aromatic carbocycles. The van der Waals surface area contributed by atoms with Gasteiger partial charge in [0.25, 0.3) is 11.8 Å². The first-order chi connectivity index (χ1) is 15.4. The lowest BCUT2D eigenvalue weighted by atomic mass is 10.1. The normalized spacial score (nSPS) is 13.3. The summed E-state index contributed by atoms with van der Waals surface area (Å²) in [6.07, 6.45) is 5.56. The van der Waals surface area contributed by atoms with Crippen LogP contribution in [0.3, 0.4) is 0 Å². The summed E-state index contributed by atoms with van der Waals surface area (Å²) in [7, 11) is 0. The Balaban J connectivity index is 1.48. The highest BCUT2D eigenvalue weighted by Gasteiger charge is 2.28. The van der Waals surface area contributed by atoms with E-state index in [1.165, 1.54) is 16.2 Å². The lowest BCUT2D eigenvalue weighted by molar-refractivity contribution is -0.122. The number of nitrogens with zero attached hydrogens (tertiary/aromatic N) is 1. The van der Waals surface area contributed by atoms with Crippen molar-refractivity contribution in [3.63, 3.8) is 0 Å². The predicted octanol–water partition coefficient (Wildman–Crippen LogP) is 4.58. The van der Waals surface area contributed by atoms with Gasteiger partial charge in [-0.05, 0) is 80.5 Å². The zero-order valence-electron chi connectivity index (χ0n) is 18.5. The highest BCUT2D eigenvalue weighted by atomic mass is 32.1. The van der Waals surface area contributed by atoms with Gasteiger partial charge in [-0.3, -0.25) is 14.6 Å². The van der Waals surface area contributed by atoms with Crippen molar-refractivity contribution in [1.82, 2.24) is 10.3 Å². The van der Waals surface area contributed by atoms with E-state index in [1.54, 1.807) is 19.3 Å². The number of carbonyl (C=O) groups is 2. The molecule has 0 saturated carbocycles. The molecule has 1 aliphatic rings. The van der Waals surface area contributed by atoms with E-state index in [0.717, 1.165) is 41.5 Å². The minimum absolute atomic E-state index is 0.175. The van der Waals surface area contributed by atoms with Crippen molar-refractivity contribution in [2.45, 2.75) is 52.7 Å². The summed E-state index contributed by atoms with van der Waals surface area (Å²) >= 11 is 1.49. The zero-order chi connectivity index (χ0) is 22.7. The first-order valence-corrected chi connectivity index (χ1v) is 11.6. The fourth-order valence-corrected chi connectivity index (χ4v) is 5.27. The number of anilines is 1. The van der Waals surface area contributed by atoms with Crippen molar-refractivity contribution in [3.05, 3.63) is 75.4 Å². The van der Waals surface area contributed by atoms with E-state index >= 15 is 0 Å². The van der Waals surface area contributed by atoms with Crippen LogP contribution in [0.25, 0.3) is 0 Å². The van der Waals surface area contributed by atoms with Crippen LogP contribution in [0.4, 0.5) is 5.00 Å². The maximum Gasteiger partial charge on any atom is 0.265 e. The van der Waals surface area contributed by atoms with Gasteiger partial charge >= 0.3 is 0 Å². The van der Waals surface area contributed by atoms with Crippen LogP contribution < -0.4 is 15.4 Å². The van der Waals surface area contributed by atoms with Gasteiger partial charge in [-0.1, -0.05) is 12.1 Å². The Morgan fingerprint density at radius 1 is 1.19 bits per heavy atom. The molecule has 0 saturated heterocycles. The van der Waals surface area contributed by atoms with Gasteiger partial charge in [0.2, 0.25) is 0 Å². The molecule has 1 unspecified atom stereocenters. The SMILES string of the molecule is Cc1cc(C)cc(OC(C)C(=O)Nc2sc3c(c2C(=O)NCc2cccnc2)CCC3)c1. The molecule has 6 nitrogen and oxygen atoms in total. The Morgan fingerprint density at radius 2 is 1.97 bits per heavy atom. The molecule has 3 aromatic rings. The number of aromatic nitrogens is 1. The van der Waals surface area contributed by atoms with Crippen LogP contribution in [0.5, 0.6) is 5.75 Å². The van der Waals surface area contributed by atoms with Crippen molar-refractivity contribution in [2.75, 3.05) is 5.32 Å². The number of rotatable bonds is 7. The van der Waals surface area contributed by atoms with Crippen molar-refractivity contribution >= 4 is 28.2 Å². The van der Waals surface area contributed by atoms with Gasteiger partial charge in [-0.25, -0.2) is 0 Å². The standard InChI is InChI=1S/C25H27N3O3S/c1-15-10-16(2)12-19(11-15)31-17(3)23(29)28-25-22(20-7-4-8-21(20)32-25)24(30)27-14-18-6-5-9-26-13-18/h5-6,9-13,17H,4,7-8,14H2,1-3H3,(H,27,30)(H,28,29). The van der Waals surface area contributed by atoms with Crippen LogP contribution in [0.15, 0.2) is 42.7 Å². The molecule has 2 N–H and O–H groups in total. The molecule has 32 heavy (non-hydrogen) atoms. The van der Waals surface area contributed by atoms with Crippen LogP contribution in [0.2, 0.25) is 0 Å². The van der Waals surface area contributed by atoms with Gasteiger partial charge in [0.05, 0.1) is 5.56 Å².